The van der Waals surface area contributed by atoms with Crippen LogP contribution in [0.25, 0.3) is 0 Å². The van der Waals surface area contributed by atoms with E-state index in [0.717, 1.165) is 5.69 Å². The fraction of sp³-hybridized carbons (Fsp3) is 0.231. The predicted octanol–water partition coefficient (Wildman–Crippen LogP) is 3.04. The van der Waals surface area contributed by atoms with Gasteiger partial charge >= 0.3 is 0 Å². The molecule has 100 valence electrons. The highest BCUT2D eigenvalue weighted by molar-refractivity contribution is 6.31. The third kappa shape index (κ3) is 3.06. The van der Waals surface area contributed by atoms with Gasteiger partial charge in [0.15, 0.2) is 23.5 Å². The van der Waals surface area contributed by atoms with Crippen molar-refractivity contribution in [2.24, 2.45) is 0 Å². The number of aryl methyl sites for hydroxylation is 1. The number of nitrogens with zero attached hydrogens (tertiary/aromatic N) is 1. The summed E-state index contributed by atoms with van der Waals surface area (Å²) < 4.78 is 15.7. The second-order valence-electron chi connectivity index (χ2n) is 3.87. The van der Waals surface area contributed by atoms with E-state index in [1.165, 1.54) is 13.2 Å². The Morgan fingerprint density at radius 3 is 2.79 bits per heavy atom. The number of benzene rings is 1. The average molecular weight is 282 g/mol. The minimum atomic E-state index is 0.152. The van der Waals surface area contributed by atoms with Crippen molar-refractivity contribution < 1.29 is 18.8 Å². The van der Waals surface area contributed by atoms with E-state index in [0.29, 0.717) is 34.1 Å². The number of carbonyl (C=O) groups is 1. The minimum absolute atomic E-state index is 0.152. The van der Waals surface area contributed by atoms with Gasteiger partial charge in [0.1, 0.15) is 6.61 Å². The quantitative estimate of drug-likeness (QED) is 0.788. The van der Waals surface area contributed by atoms with Crippen molar-refractivity contribution in [3.63, 3.8) is 0 Å². The molecule has 19 heavy (non-hydrogen) atoms. The topological polar surface area (TPSA) is 61.6 Å². The van der Waals surface area contributed by atoms with Crippen molar-refractivity contribution in [2.45, 2.75) is 13.5 Å². The first-order chi connectivity index (χ1) is 9.13. The lowest BCUT2D eigenvalue weighted by Gasteiger charge is -2.12. The Morgan fingerprint density at radius 2 is 2.21 bits per heavy atom. The van der Waals surface area contributed by atoms with Crippen LogP contribution in [0.1, 0.15) is 21.8 Å². The number of carbonyl (C=O) groups excluding carboxylic acids is 1. The number of hydrogen-bond acceptors (Lipinski definition) is 5. The Labute approximate surface area is 115 Å². The summed E-state index contributed by atoms with van der Waals surface area (Å²) in [5.74, 6) is 1.29. The van der Waals surface area contributed by atoms with E-state index < -0.39 is 0 Å². The van der Waals surface area contributed by atoms with E-state index >= 15 is 0 Å². The molecule has 0 atom stereocenters. The molecule has 2 aromatic rings. The Hall–Kier alpha value is -2.01. The van der Waals surface area contributed by atoms with Crippen LogP contribution in [-0.4, -0.2) is 18.6 Å². The molecule has 0 unspecified atom stereocenters. The van der Waals surface area contributed by atoms with E-state index in [2.05, 4.69) is 5.16 Å². The zero-order valence-corrected chi connectivity index (χ0v) is 11.2. The van der Waals surface area contributed by atoms with Gasteiger partial charge in [0, 0.05) is 17.2 Å². The van der Waals surface area contributed by atoms with E-state index in [1.807, 2.05) is 6.92 Å². The number of hydrogen-bond donors (Lipinski definition) is 0. The van der Waals surface area contributed by atoms with Crippen molar-refractivity contribution in [2.75, 3.05) is 7.11 Å². The van der Waals surface area contributed by atoms with Gasteiger partial charge in [-0.25, -0.2) is 0 Å². The molecule has 6 heteroatoms. The maximum atomic E-state index is 11.0. The summed E-state index contributed by atoms with van der Waals surface area (Å²) in [5, 5.41) is 4.16. The SMILES string of the molecule is COc1cc(Cl)cc(C=O)c1OCc1cc(C)no1. The lowest BCUT2D eigenvalue weighted by Crippen LogP contribution is -2.00. The zero-order chi connectivity index (χ0) is 13.8. The monoisotopic (exact) mass is 281 g/mol. The normalized spacial score (nSPS) is 10.3. The number of methoxy groups -OCH3 is 1. The summed E-state index contributed by atoms with van der Waals surface area (Å²) in [5.41, 5.74) is 1.08. The summed E-state index contributed by atoms with van der Waals surface area (Å²) in [6.07, 6.45) is 0.662. The van der Waals surface area contributed by atoms with Crippen LogP contribution >= 0.6 is 11.6 Å². The van der Waals surface area contributed by atoms with Crippen LogP contribution in [0, 0.1) is 6.92 Å². The maximum absolute atomic E-state index is 11.0. The molecule has 0 aliphatic heterocycles. The van der Waals surface area contributed by atoms with Gasteiger partial charge in [0.2, 0.25) is 0 Å². The molecule has 0 bridgehead atoms. The smallest absolute Gasteiger partial charge is 0.174 e. The van der Waals surface area contributed by atoms with Crippen LogP contribution in [0.2, 0.25) is 5.02 Å². The van der Waals surface area contributed by atoms with Crippen LogP contribution < -0.4 is 9.47 Å². The first-order valence-corrected chi connectivity index (χ1v) is 5.89. The Bertz CT molecular complexity index is 594. The number of aromatic nitrogens is 1. The lowest BCUT2D eigenvalue weighted by atomic mass is 10.2. The zero-order valence-electron chi connectivity index (χ0n) is 10.5. The van der Waals surface area contributed by atoms with Gasteiger partial charge in [0.25, 0.3) is 0 Å². The van der Waals surface area contributed by atoms with Gasteiger partial charge in [-0.3, -0.25) is 4.79 Å². The van der Waals surface area contributed by atoms with Crippen LogP contribution in [0.4, 0.5) is 0 Å². The predicted molar refractivity (Wildman–Crippen MR) is 69.0 cm³/mol. The third-order valence-electron chi connectivity index (χ3n) is 2.43. The average Bonchev–Trinajstić information content (AvgIpc) is 2.81. The van der Waals surface area contributed by atoms with Gasteiger partial charge in [-0.2, -0.15) is 0 Å². The molecular weight excluding hydrogens is 270 g/mol. The molecule has 2 rings (SSSR count). The molecule has 0 aliphatic rings. The Morgan fingerprint density at radius 1 is 1.42 bits per heavy atom. The first-order valence-electron chi connectivity index (χ1n) is 5.51. The Balaban J connectivity index is 2.25. The fourth-order valence-corrected chi connectivity index (χ4v) is 1.83. The van der Waals surface area contributed by atoms with Crippen LogP contribution in [0.3, 0.4) is 0 Å². The molecule has 0 aliphatic carbocycles. The number of halogens is 1. The van der Waals surface area contributed by atoms with Crippen LogP contribution in [0.15, 0.2) is 22.7 Å². The molecule has 0 saturated carbocycles. The number of ether oxygens (including phenoxy) is 2. The third-order valence-corrected chi connectivity index (χ3v) is 2.65. The van der Waals surface area contributed by atoms with E-state index in [-0.39, 0.29) is 6.61 Å². The number of aldehydes is 1. The first kappa shape index (κ1) is 13.4. The standard InChI is InChI=1S/C13H12ClNO4/c1-8-3-11(19-15-8)7-18-13-9(6-16)4-10(14)5-12(13)17-2/h3-6H,7H2,1-2H3. The minimum Gasteiger partial charge on any atom is -0.493 e. The number of rotatable bonds is 5. The van der Waals surface area contributed by atoms with E-state index in [4.69, 9.17) is 25.6 Å². The van der Waals surface area contributed by atoms with Crippen molar-refractivity contribution in [3.05, 3.63) is 40.2 Å². The van der Waals surface area contributed by atoms with Crippen molar-refractivity contribution >= 4 is 17.9 Å². The molecule has 0 amide bonds. The molecule has 0 spiro atoms. The van der Waals surface area contributed by atoms with Crippen LogP contribution in [0.5, 0.6) is 11.5 Å². The molecule has 0 N–H and O–H groups in total. The lowest BCUT2D eigenvalue weighted by molar-refractivity contribution is 0.111. The van der Waals surface area contributed by atoms with Gasteiger partial charge in [-0.05, 0) is 13.0 Å². The second kappa shape index (κ2) is 5.75. The largest absolute Gasteiger partial charge is 0.493 e. The summed E-state index contributed by atoms with van der Waals surface area (Å²) in [4.78, 5) is 11.0. The van der Waals surface area contributed by atoms with Gasteiger partial charge in [-0.1, -0.05) is 16.8 Å². The molecule has 0 fully saturated rings. The molecule has 0 saturated heterocycles. The molecule has 0 radical (unpaired) electrons. The summed E-state index contributed by atoms with van der Waals surface area (Å²) in [6, 6.07) is 4.84. The van der Waals surface area contributed by atoms with Crippen molar-refractivity contribution in [3.8, 4) is 11.5 Å². The fourth-order valence-electron chi connectivity index (χ4n) is 1.61. The maximum Gasteiger partial charge on any atom is 0.174 e. The highest BCUT2D eigenvalue weighted by Gasteiger charge is 2.13. The molecule has 5 nitrogen and oxygen atoms in total. The summed E-state index contributed by atoms with van der Waals surface area (Å²) in [7, 11) is 1.48. The molecule has 1 aromatic carbocycles. The van der Waals surface area contributed by atoms with E-state index in [9.17, 15) is 4.79 Å². The summed E-state index contributed by atoms with van der Waals surface area (Å²) >= 11 is 5.88. The highest BCUT2D eigenvalue weighted by atomic mass is 35.5. The van der Waals surface area contributed by atoms with Crippen molar-refractivity contribution in [1.29, 1.82) is 0 Å². The molecule has 1 heterocycles. The molecule has 1 aromatic heterocycles. The van der Waals surface area contributed by atoms with Crippen molar-refractivity contribution in [1.82, 2.24) is 5.16 Å². The van der Waals surface area contributed by atoms with Gasteiger partial charge in [-0.15, -0.1) is 0 Å². The van der Waals surface area contributed by atoms with E-state index in [1.54, 1.807) is 12.1 Å². The Kier molecular flexibility index (Phi) is 4.06. The highest BCUT2D eigenvalue weighted by Crippen LogP contribution is 2.34. The summed E-state index contributed by atoms with van der Waals surface area (Å²) in [6.45, 7) is 1.96. The second-order valence-corrected chi connectivity index (χ2v) is 4.30. The van der Waals surface area contributed by atoms with Gasteiger partial charge in [0.05, 0.1) is 18.4 Å². The van der Waals surface area contributed by atoms with Gasteiger partial charge < -0.3 is 14.0 Å². The van der Waals surface area contributed by atoms with Crippen LogP contribution in [-0.2, 0) is 6.61 Å². The molecular formula is C13H12ClNO4.